The lowest BCUT2D eigenvalue weighted by Crippen LogP contribution is -2.32. The first kappa shape index (κ1) is 11.9. The van der Waals surface area contributed by atoms with Gasteiger partial charge in [0.25, 0.3) is 0 Å². The highest BCUT2D eigenvalue weighted by Gasteiger charge is 2.32. The van der Waals surface area contributed by atoms with Gasteiger partial charge in [-0.3, -0.25) is 0 Å². The molecule has 1 aromatic rings. The first-order valence-corrected chi connectivity index (χ1v) is 6.15. The van der Waals surface area contributed by atoms with Crippen LogP contribution >= 0.6 is 11.6 Å². The zero-order valence-electron chi connectivity index (χ0n) is 9.74. The quantitative estimate of drug-likeness (QED) is 0.876. The van der Waals surface area contributed by atoms with Crippen LogP contribution in [0, 0.1) is 5.92 Å². The highest BCUT2D eigenvalue weighted by Crippen LogP contribution is 2.33. The van der Waals surface area contributed by atoms with Gasteiger partial charge in [0.2, 0.25) is 0 Å². The Morgan fingerprint density at radius 2 is 2.19 bits per heavy atom. The fraction of sp³-hybridized carbons (Fsp3) is 0.538. The van der Waals surface area contributed by atoms with Gasteiger partial charge in [0.05, 0.1) is 12.1 Å². The minimum absolute atomic E-state index is 0.186. The second kappa shape index (κ2) is 5.17. The summed E-state index contributed by atoms with van der Waals surface area (Å²) in [5.74, 6) is 0.578. The summed E-state index contributed by atoms with van der Waals surface area (Å²) < 4.78 is 5.81. The van der Waals surface area contributed by atoms with E-state index < -0.39 is 0 Å². The van der Waals surface area contributed by atoms with E-state index in [1.54, 1.807) is 0 Å². The molecule has 0 amide bonds. The van der Waals surface area contributed by atoms with Crippen LogP contribution in [0.25, 0.3) is 0 Å². The van der Waals surface area contributed by atoms with E-state index in [1.807, 2.05) is 25.2 Å². The number of hydrogen-bond acceptors (Lipinski definition) is 2. The Hall–Kier alpha value is -0.570. The number of nitrogens with one attached hydrogen (secondary N) is 1. The number of benzene rings is 1. The molecule has 2 rings (SSSR count). The third kappa shape index (κ3) is 2.24. The number of rotatable bonds is 3. The van der Waals surface area contributed by atoms with E-state index in [9.17, 15) is 0 Å². The molecule has 2 nitrogen and oxygen atoms in total. The summed E-state index contributed by atoms with van der Waals surface area (Å²) in [6.07, 6.45) is 1.36. The van der Waals surface area contributed by atoms with Crippen LogP contribution in [0.5, 0.6) is 0 Å². The molecule has 3 atom stereocenters. The van der Waals surface area contributed by atoms with Crippen LogP contribution in [0.1, 0.15) is 24.9 Å². The third-order valence-corrected chi connectivity index (χ3v) is 3.67. The van der Waals surface area contributed by atoms with Crippen molar-refractivity contribution in [1.82, 2.24) is 5.32 Å². The Morgan fingerprint density at radius 3 is 2.75 bits per heavy atom. The molecule has 1 aliphatic heterocycles. The molecule has 16 heavy (non-hydrogen) atoms. The molecule has 3 heteroatoms. The molecular formula is C13H18ClNO. The molecule has 0 aromatic heterocycles. The highest BCUT2D eigenvalue weighted by atomic mass is 35.5. The van der Waals surface area contributed by atoms with E-state index in [0.29, 0.717) is 5.92 Å². The van der Waals surface area contributed by atoms with Gasteiger partial charge in [-0.15, -0.1) is 0 Å². The standard InChI is InChI=1S/C13H18ClNO/c1-9-7-8-16-13(9)12(15-2)10-5-3-4-6-11(10)14/h3-6,9,12-13,15H,7-8H2,1-2H3. The van der Waals surface area contributed by atoms with Crippen LogP contribution in [0.15, 0.2) is 24.3 Å². The molecule has 3 unspecified atom stereocenters. The first-order chi connectivity index (χ1) is 7.74. The number of likely N-dealkylation sites (N-methyl/N-ethyl adjacent to an activating group) is 1. The highest BCUT2D eigenvalue weighted by molar-refractivity contribution is 6.31. The van der Waals surface area contributed by atoms with Crippen molar-refractivity contribution in [3.8, 4) is 0 Å². The number of ether oxygens (including phenoxy) is 1. The minimum atomic E-state index is 0.186. The van der Waals surface area contributed by atoms with Crippen molar-refractivity contribution in [3.05, 3.63) is 34.9 Å². The van der Waals surface area contributed by atoms with Crippen molar-refractivity contribution in [2.45, 2.75) is 25.5 Å². The second-order valence-electron chi connectivity index (χ2n) is 4.39. The predicted molar refractivity (Wildman–Crippen MR) is 66.8 cm³/mol. The molecule has 1 heterocycles. The Morgan fingerprint density at radius 1 is 1.44 bits per heavy atom. The number of hydrogen-bond donors (Lipinski definition) is 1. The van der Waals surface area contributed by atoms with Crippen molar-refractivity contribution >= 4 is 11.6 Å². The van der Waals surface area contributed by atoms with Gasteiger partial charge in [-0.25, -0.2) is 0 Å². The molecule has 1 aromatic carbocycles. The fourth-order valence-electron chi connectivity index (χ4n) is 2.37. The average Bonchev–Trinajstić information content (AvgIpc) is 2.69. The van der Waals surface area contributed by atoms with Crippen LogP contribution in [-0.2, 0) is 4.74 Å². The van der Waals surface area contributed by atoms with Crippen LogP contribution in [0.3, 0.4) is 0 Å². The Balaban J connectivity index is 2.25. The van der Waals surface area contributed by atoms with Crippen LogP contribution < -0.4 is 5.32 Å². The summed E-state index contributed by atoms with van der Waals surface area (Å²) in [6, 6.07) is 8.16. The second-order valence-corrected chi connectivity index (χ2v) is 4.80. The van der Waals surface area contributed by atoms with Crippen LogP contribution in [0.4, 0.5) is 0 Å². The van der Waals surface area contributed by atoms with E-state index >= 15 is 0 Å². The van der Waals surface area contributed by atoms with Gasteiger partial charge >= 0.3 is 0 Å². The minimum Gasteiger partial charge on any atom is -0.376 e. The van der Waals surface area contributed by atoms with Gasteiger partial charge < -0.3 is 10.1 Å². The molecule has 0 bridgehead atoms. The van der Waals surface area contributed by atoms with E-state index in [4.69, 9.17) is 16.3 Å². The van der Waals surface area contributed by atoms with Gasteiger partial charge in [0, 0.05) is 11.6 Å². The van der Waals surface area contributed by atoms with Crippen molar-refractivity contribution in [1.29, 1.82) is 0 Å². The predicted octanol–water partition coefficient (Wildman–Crippen LogP) is 3.03. The maximum atomic E-state index is 6.23. The maximum absolute atomic E-state index is 6.23. The summed E-state index contributed by atoms with van der Waals surface area (Å²) in [4.78, 5) is 0. The van der Waals surface area contributed by atoms with Gasteiger partial charge in [-0.1, -0.05) is 36.7 Å². The topological polar surface area (TPSA) is 21.3 Å². The van der Waals surface area contributed by atoms with E-state index in [-0.39, 0.29) is 12.1 Å². The van der Waals surface area contributed by atoms with Gasteiger partial charge in [-0.05, 0) is 31.0 Å². The summed E-state index contributed by atoms with van der Waals surface area (Å²) in [5, 5.41) is 4.13. The third-order valence-electron chi connectivity index (χ3n) is 3.32. The molecule has 0 radical (unpaired) electrons. The zero-order chi connectivity index (χ0) is 11.5. The summed E-state index contributed by atoms with van der Waals surface area (Å²) in [6.45, 7) is 3.09. The Labute approximate surface area is 102 Å². The first-order valence-electron chi connectivity index (χ1n) is 5.77. The van der Waals surface area contributed by atoms with Crippen molar-refractivity contribution in [2.75, 3.05) is 13.7 Å². The van der Waals surface area contributed by atoms with Crippen molar-refractivity contribution < 1.29 is 4.74 Å². The normalized spacial score (nSPS) is 26.9. The monoisotopic (exact) mass is 239 g/mol. The molecule has 1 N–H and O–H groups in total. The summed E-state index contributed by atoms with van der Waals surface area (Å²) in [5.41, 5.74) is 1.13. The van der Waals surface area contributed by atoms with E-state index in [0.717, 1.165) is 23.6 Å². The van der Waals surface area contributed by atoms with Gasteiger partial charge in [0.1, 0.15) is 0 Å². The lowest BCUT2D eigenvalue weighted by atomic mass is 9.92. The molecule has 1 fully saturated rings. The number of halogens is 1. The average molecular weight is 240 g/mol. The largest absolute Gasteiger partial charge is 0.376 e. The fourth-order valence-corrected chi connectivity index (χ4v) is 2.62. The summed E-state index contributed by atoms with van der Waals surface area (Å²) >= 11 is 6.23. The summed E-state index contributed by atoms with van der Waals surface area (Å²) in [7, 11) is 1.96. The molecule has 0 saturated carbocycles. The Bertz CT molecular complexity index is 356. The van der Waals surface area contributed by atoms with Gasteiger partial charge in [0.15, 0.2) is 0 Å². The van der Waals surface area contributed by atoms with E-state index in [2.05, 4.69) is 18.3 Å². The molecule has 1 aliphatic rings. The molecular weight excluding hydrogens is 222 g/mol. The molecule has 88 valence electrons. The smallest absolute Gasteiger partial charge is 0.0796 e. The zero-order valence-corrected chi connectivity index (χ0v) is 10.5. The van der Waals surface area contributed by atoms with E-state index in [1.165, 1.54) is 0 Å². The molecule has 0 aliphatic carbocycles. The van der Waals surface area contributed by atoms with Crippen LogP contribution in [0.2, 0.25) is 5.02 Å². The maximum Gasteiger partial charge on any atom is 0.0796 e. The lowest BCUT2D eigenvalue weighted by Gasteiger charge is -2.26. The van der Waals surface area contributed by atoms with Crippen LogP contribution in [-0.4, -0.2) is 19.8 Å². The lowest BCUT2D eigenvalue weighted by molar-refractivity contribution is 0.0631. The molecule has 1 saturated heterocycles. The van der Waals surface area contributed by atoms with Crippen molar-refractivity contribution in [3.63, 3.8) is 0 Å². The molecule has 0 spiro atoms. The SMILES string of the molecule is CNC(c1ccccc1Cl)C1OCCC1C. The van der Waals surface area contributed by atoms with Gasteiger partial charge in [-0.2, -0.15) is 0 Å². The Kier molecular flexibility index (Phi) is 3.85. The van der Waals surface area contributed by atoms with Crippen molar-refractivity contribution in [2.24, 2.45) is 5.92 Å².